The number of nitrogens with one attached hydrogen (secondary N) is 2. The third kappa shape index (κ3) is 5.69. The predicted octanol–water partition coefficient (Wildman–Crippen LogP) is 4.88. The van der Waals surface area contributed by atoms with Gasteiger partial charge in [-0.1, -0.05) is 0 Å². The van der Waals surface area contributed by atoms with Gasteiger partial charge < -0.3 is 20.1 Å². The van der Waals surface area contributed by atoms with Gasteiger partial charge in [0, 0.05) is 11.4 Å². The van der Waals surface area contributed by atoms with Gasteiger partial charge in [0.05, 0.1) is 12.2 Å². The Morgan fingerprint density at radius 1 is 0.923 bits per heavy atom. The van der Waals surface area contributed by atoms with Gasteiger partial charge in [0.1, 0.15) is 5.75 Å². The van der Waals surface area contributed by atoms with E-state index in [0.29, 0.717) is 5.69 Å². The highest BCUT2D eigenvalue weighted by molar-refractivity contribution is 5.99. The zero-order valence-corrected chi connectivity index (χ0v) is 13.6. The SMILES string of the molecule is CCOC(=O)Oc1ccc(NC(=O)Nc2ccc(C(F)(F)F)cc2)cc1. The lowest BCUT2D eigenvalue weighted by Gasteiger charge is -2.10. The molecule has 0 saturated carbocycles. The van der Waals surface area contributed by atoms with Crippen LogP contribution in [0.3, 0.4) is 0 Å². The molecule has 0 aliphatic rings. The minimum Gasteiger partial charge on any atom is -0.434 e. The molecule has 0 saturated heterocycles. The molecular weight excluding hydrogens is 353 g/mol. The van der Waals surface area contributed by atoms with Crippen LogP contribution < -0.4 is 15.4 Å². The van der Waals surface area contributed by atoms with Gasteiger partial charge >= 0.3 is 18.4 Å². The molecule has 2 aromatic rings. The van der Waals surface area contributed by atoms with Crippen molar-refractivity contribution in [2.24, 2.45) is 0 Å². The standard InChI is InChI=1S/C17H15F3N2O4/c1-2-25-16(24)26-14-9-7-13(8-10-14)22-15(23)21-12-5-3-11(4-6-12)17(18,19)20/h3-10H,2H2,1H3,(H2,21,22,23). The molecule has 138 valence electrons. The number of carbonyl (C=O) groups excluding carboxylic acids is 2. The minimum absolute atomic E-state index is 0.183. The molecule has 9 heteroatoms. The number of urea groups is 1. The maximum absolute atomic E-state index is 12.5. The van der Waals surface area contributed by atoms with Crippen molar-refractivity contribution in [3.8, 4) is 5.75 Å². The fourth-order valence-corrected chi connectivity index (χ4v) is 1.89. The van der Waals surface area contributed by atoms with Crippen LogP contribution in [0, 0.1) is 0 Å². The smallest absolute Gasteiger partial charge is 0.434 e. The number of alkyl halides is 3. The summed E-state index contributed by atoms with van der Waals surface area (Å²) in [5.41, 5.74) is -0.205. The van der Waals surface area contributed by atoms with E-state index in [1.54, 1.807) is 6.92 Å². The molecule has 2 N–H and O–H groups in total. The number of rotatable bonds is 4. The van der Waals surface area contributed by atoms with Crippen LogP contribution in [-0.2, 0) is 10.9 Å². The average molecular weight is 368 g/mol. The van der Waals surface area contributed by atoms with Crippen molar-refractivity contribution in [2.75, 3.05) is 17.2 Å². The van der Waals surface area contributed by atoms with Crippen molar-refractivity contribution >= 4 is 23.6 Å². The van der Waals surface area contributed by atoms with E-state index in [4.69, 9.17) is 4.74 Å². The number of benzene rings is 2. The summed E-state index contributed by atoms with van der Waals surface area (Å²) in [6, 6.07) is 9.28. The summed E-state index contributed by atoms with van der Waals surface area (Å²) in [7, 11) is 0. The molecule has 0 aliphatic heterocycles. The van der Waals surface area contributed by atoms with E-state index in [2.05, 4.69) is 15.4 Å². The number of ether oxygens (including phenoxy) is 2. The summed E-state index contributed by atoms with van der Waals surface area (Å²) >= 11 is 0. The first-order valence-electron chi connectivity index (χ1n) is 7.48. The number of halogens is 3. The van der Waals surface area contributed by atoms with Crippen LogP contribution in [-0.4, -0.2) is 18.8 Å². The molecule has 0 bridgehead atoms. The molecule has 0 radical (unpaired) electrons. The molecule has 6 nitrogen and oxygen atoms in total. The second kappa shape index (κ2) is 8.24. The third-order valence-electron chi connectivity index (χ3n) is 3.05. The molecule has 26 heavy (non-hydrogen) atoms. The van der Waals surface area contributed by atoms with Crippen LogP contribution in [0.4, 0.5) is 34.1 Å². The Balaban J connectivity index is 1.90. The maximum atomic E-state index is 12.5. The topological polar surface area (TPSA) is 76.7 Å². The Morgan fingerprint density at radius 3 is 1.88 bits per heavy atom. The quantitative estimate of drug-likeness (QED) is 0.595. The Kier molecular flexibility index (Phi) is 6.05. The van der Waals surface area contributed by atoms with Gasteiger partial charge in [-0.05, 0) is 55.5 Å². The summed E-state index contributed by atoms with van der Waals surface area (Å²) in [6.07, 6.45) is -5.28. The highest BCUT2D eigenvalue weighted by Crippen LogP contribution is 2.29. The van der Waals surface area contributed by atoms with Crippen molar-refractivity contribution in [1.29, 1.82) is 0 Å². The van der Waals surface area contributed by atoms with Gasteiger partial charge in [-0.2, -0.15) is 13.2 Å². The second-order valence-corrected chi connectivity index (χ2v) is 4.96. The number of anilines is 2. The summed E-state index contributed by atoms with van der Waals surface area (Å²) < 4.78 is 46.9. The summed E-state index contributed by atoms with van der Waals surface area (Å²) in [5, 5.41) is 4.91. The van der Waals surface area contributed by atoms with Crippen LogP contribution in [0.5, 0.6) is 5.75 Å². The molecule has 0 fully saturated rings. The van der Waals surface area contributed by atoms with Gasteiger partial charge in [-0.3, -0.25) is 0 Å². The Hall–Kier alpha value is -3.23. The predicted molar refractivity (Wildman–Crippen MR) is 88.2 cm³/mol. The van der Waals surface area contributed by atoms with E-state index in [9.17, 15) is 22.8 Å². The fraction of sp³-hybridized carbons (Fsp3) is 0.176. The number of carbonyl (C=O) groups is 2. The van der Waals surface area contributed by atoms with Crippen molar-refractivity contribution < 1.29 is 32.2 Å². The minimum atomic E-state index is -4.44. The van der Waals surface area contributed by atoms with Gasteiger partial charge in [0.15, 0.2) is 0 Å². The first-order chi connectivity index (χ1) is 12.3. The van der Waals surface area contributed by atoms with Crippen molar-refractivity contribution in [3.05, 3.63) is 54.1 Å². The first kappa shape index (κ1) is 19.1. The third-order valence-corrected chi connectivity index (χ3v) is 3.05. The summed E-state index contributed by atoms with van der Waals surface area (Å²) in [5.74, 6) is 0.233. The van der Waals surface area contributed by atoms with Crippen molar-refractivity contribution in [2.45, 2.75) is 13.1 Å². The zero-order chi connectivity index (χ0) is 19.2. The van der Waals surface area contributed by atoms with Crippen LogP contribution in [0.25, 0.3) is 0 Å². The fourth-order valence-electron chi connectivity index (χ4n) is 1.89. The van der Waals surface area contributed by atoms with Gasteiger partial charge in [-0.15, -0.1) is 0 Å². The largest absolute Gasteiger partial charge is 0.513 e. The molecule has 0 spiro atoms. The molecular formula is C17H15F3N2O4. The van der Waals surface area contributed by atoms with Crippen LogP contribution in [0.2, 0.25) is 0 Å². The molecule has 0 heterocycles. The summed E-state index contributed by atoms with van der Waals surface area (Å²) in [6.45, 7) is 1.83. The highest BCUT2D eigenvalue weighted by Gasteiger charge is 2.29. The maximum Gasteiger partial charge on any atom is 0.513 e. The normalized spacial score (nSPS) is 10.8. The molecule has 2 amide bonds. The Bertz CT molecular complexity index is 759. The summed E-state index contributed by atoms with van der Waals surface area (Å²) in [4.78, 5) is 23.0. The molecule has 0 unspecified atom stereocenters. The monoisotopic (exact) mass is 368 g/mol. The van der Waals surface area contributed by atoms with E-state index in [1.165, 1.54) is 24.3 Å². The number of hydrogen-bond donors (Lipinski definition) is 2. The Labute approximate surface area is 146 Å². The van der Waals surface area contributed by atoms with E-state index >= 15 is 0 Å². The van der Waals surface area contributed by atoms with E-state index < -0.39 is 23.9 Å². The van der Waals surface area contributed by atoms with Crippen LogP contribution in [0.15, 0.2) is 48.5 Å². The molecule has 0 atom stereocenters. The van der Waals surface area contributed by atoms with Crippen molar-refractivity contribution in [1.82, 2.24) is 0 Å². The van der Waals surface area contributed by atoms with Gasteiger partial charge in [0.2, 0.25) is 0 Å². The average Bonchev–Trinajstić information content (AvgIpc) is 2.56. The lowest BCUT2D eigenvalue weighted by Crippen LogP contribution is -2.19. The van der Waals surface area contributed by atoms with Crippen LogP contribution in [0.1, 0.15) is 12.5 Å². The van der Waals surface area contributed by atoms with Crippen molar-refractivity contribution in [3.63, 3.8) is 0 Å². The van der Waals surface area contributed by atoms with Crippen LogP contribution >= 0.6 is 0 Å². The van der Waals surface area contributed by atoms with E-state index in [-0.39, 0.29) is 18.0 Å². The van der Waals surface area contributed by atoms with Gasteiger partial charge in [0.25, 0.3) is 0 Å². The molecule has 0 aromatic heterocycles. The highest BCUT2D eigenvalue weighted by atomic mass is 19.4. The molecule has 2 aromatic carbocycles. The zero-order valence-electron chi connectivity index (χ0n) is 13.6. The Morgan fingerprint density at radius 2 is 1.42 bits per heavy atom. The van der Waals surface area contributed by atoms with E-state index in [0.717, 1.165) is 24.3 Å². The second-order valence-electron chi connectivity index (χ2n) is 4.96. The lowest BCUT2D eigenvalue weighted by molar-refractivity contribution is -0.137. The van der Waals surface area contributed by atoms with E-state index in [1.807, 2.05) is 0 Å². The number of amides is 2. The number of hydrogen-bond acceptors (Lipinski definition) is 4. The molecule has 0 aliphatic carbocycles. The molecule has 2 rings (SSSR count). The van der Waals surface area contributed by atoms with Gasteiger partial charge in [-0.25, -0.2) is 9.59 Å². The first-order valence-corrected chi connectivity index (χ1v) is 7.48. The lowest BCUT2D eigenvalue weighted by atomic mass is 10.2.